The molecule has 20 heavy (non-hydrogen) atoms. The number of nitro benzene ring substituents is 2. The Morgan fingerprint density at radius 1 is 1.20 bits per heavy atom. The van der Waals surface area contributed by atoms with Gasteiger partial charge in [0.2, 0.25) is 0 Å². The van der Waals surface area contributed by atoms with Gasteiger partial charge in [-0.15, -0.1) is 0 Å². The van der Waals surface area contributed by atoms with Crippen LogP contribution < -0.4 is 5.32 Å². The number of nitrogens with zero attached hydrogens (tertiary/aromatic N) is 2. The highest BCUT2D eigenvalue weighted by Crippen LogP contribution is 2.29. The lowest BCUT2D eigenvalue weighted by molar-refractivity contribution is -0.395. The molecule has 0 atom stereocenters. The van der Waals surface area contributed by atoms with Gasteiger partial charge in [0.25, 0.3) is 17.3 Å². The van der Waals surface area contributed by atoms with Crippen LogP contribution in [-0.4, -0.2) is 33.4 Å². The molecule has 106 valence electrons. The molecule has 0 aliphatic rings. The highest BCUT2D eigenvalue weighted by atomic mass is 16.6. The number of aliphatic carboxylic acids is 1. The summed E-state index contributed by atoms with van der Waals surface area (Å²) in [7, 11) is 0. The van der Waals surface area contributed by atoms with Gasteiger partial charge in [-0.25, -0.2) is 0 Å². The average molecular weight is 283 g/mol. The van der Waals surface area contributed by atoms with Crippen molar-refractivity contribution in [2.75, 3.05) is 6.54 Å². The summed E-state index contributed by atoms with van der Waals surface area (Å²) in [5.41, 5.74) is -1.70. The van der Waals surface area contributed by atoms with Crippen LogP contribution >= 0.6 is 0 Å². The van der Waals surface area contributed by atoms with Gasteiger partial charge in [-0.1, -0.05) is 0 Å². The topological polar surface area (TPSA) is 153 Å². The van der Waals surface area contributed by atoms with Crippen LogP contribution in [0.25, 0.3) is 0 Å². The Bertz CT molecular complexity index is 576. The van der Waals surface area contributed by atoms with E-state index in [2.05, 4.69) is 0 Å². The van der Waals surface area contributed by atoms with Gasteiger partial charge in [-0.3, -0.25) is 29.8 Å². The third-order valence-electron chi connectivity index (χ3n) is 2.41. The second-order valence-corrected chi connectivity index (χ2v) is 3.73. The number of carbonyl (C=O) groups is 2. The molecule has 10 nitrogen and oxygen atoms in total. The van der Waals surface area contributed by atoms with Gasteiger partial charge in [-0.2, -0.15) is 0 Å². The Hall–Kier alpha value is -3.04. The number of nitrogens with one attached hydrogen (secondary N) is 1. The maximum Gasteiger partial charge on any atom is 0.322 e. The summed E-state index contributed by atoms with van der Waals surface area (Å²) in [6, 6.07) is 1.72. The van der Waals surface area contributed by atoms with Gasteiger partial charge >= 0.3 is 5.97 Å². The molecule has 0 aromatic heterocycles. The van der Waals surface area contributed by atoms with Crippen molar-refractivity contribution < 1.29 is 24.5 Å². The number of rotatable bonds is 5. The molecule has 0 saturated carbocycles. The second-order valence-electron chi connectivity index (χ2n) is 3.73. The van der Waals surface area contributed by atoms with Gasteiger partial charge in [0, 0.05) is 12.1 Å². The van der Waals surface area contributed by atoms with Gasteiger partial charge in [0.05, 0.1) is 15.4 Å². The lowest BCUT2D eigenvalue weighted by Crippen LogP contribution is -2.29. The molecule has 1 aromatic carbocycles. The largest absolute Gasteiger partial charge is 0.480 e. The molecule has 2 N–H and O–H groups in total. The summed E-state index contributed by atoms with van der Waals surface area (Å²) < 4.78 is 0. The number of hydrogen-bond acceptors (Lipinski definition) is 6. The predicted molar refractivity (Wildman–Crippen MR) is 64.5 cm³/mol. The Kier molecular flexibility index (Phi) is 4.31. The van der Waals surface area contributed by atoms with Crippen LogP contribution in [-0.2, 0) is 4.79 Å². The van der Waals surface area contributed by atoms with Crippen molar-refractivity contribution in [3.63, 3.8) is 0 Å². The van der Waals surface area contributed by atoms with Crippen LogP contribution in [0.3, 0.4) is 0 Å². The molecule has 0 aliphatic carbocycles. The van der Waals surface area contributed by atoms with E-state index in [-0.39, 0.29) is 11.1 Å². The van der Waals surface area contributed by atoms with Crippen molar-refractivity contribution in [3.05, 3.63) is 43.5 Å². The Morgan fingerprint density at radius 3 is 2.00 bits per heavy atom. The van der Waals surface area contributed by atoms with E-state index in [0.717, 1.165) is 12.1 Å². The molecular formula is C10H9N3O7. The zero-order valence-electron chi connectivity index (χ0n) is 10.2. The number of amides is 1. The zero-order valence-corrected chi connectivity index (χ0v) is 10.2. The van der Waals surface area contributed by atoms with Crippen LogP contribution in [0.5, 0.6) is 0 Å². The maximum absolute atomic E-state index is 11.6. The molecular weight excluding hydrogens is 274 g/mol. The first-order chi connectivity index (χ1) is 9.23. The van der Waals surface area contributed by atoms with Crippen LogP contribution in [0.2, 0.25) is 0 Å². The molecule has 1 aromatic rings. The van der Waals surface area contributed by atoms with Gasteiger partial charge < -0.3 is 10.4 Å². The summed E-state index contributed by atoms with van der Waals surface area (Å²) in [4.78, 5) is 41.8. The average Bonchev–Trinajstić information content (AvgIpc) is 2.35. The van der Waals surface area contributed by atoms with E-state index in [1.165, 1.54) is 6.92 Å². The summed E-state index contributed by atoms with van der Waals surface area (Å²) in [6.45, 7) is 0.490. The zero-order chi connectivity index (χ0) is 15.4. The Labute approximate surface area is 111 Å². The van der Waals surface area contributed by atoms with Crippen molar-refractivity contribution >= 4 is 23.3 Å². The lowest BCUT2D eigenvalue weighted by atomic mass is 10.1. The Balaban J connectivity index is 3.27. The molecule has 0 fully saturated rings. The van der Waals surface area contributed by atoms with Crippen molar-refractivity contribution in [2.24, 2.45) is 0 Å². The van der Waals surface area contributed by atoms with E-state index in [4.69, 9.17) is 5.11 Å². The SMILES string of the molecule is Cc1c([N+](=O)[O-])cc(C(=O)NCC(=O)O)cc1[N+](=O)[O-]. The maximum atomic E-state index is 11.6. The van der Waals surface area contributed by atoms with E-state index in [1.807, 2.05) is 5.32 Å². The van der Waals surface area contributed by atoms with Crippen LogP contribution in [0.4, 0.5) is 11.4 Å². The minimum Gasteiger partial charge on any atom is -0.480 e. The van der Waals surface area contributed by atoms with E-state index in [9.17, 15) is 29.8 Å². The number of carbonyl (C=O) groups excluding carboxylic acids is 1. The molecule has 1 rings (SSSR count). The molecule has 0 bridgehead atoms. The quantitative estimate of drug-likeness (QED) is 0.593. The van der Waals surface area contributed by atoms with Crippen molar-refractivity contribution in [3.8, 4) is 0 Å². The fraction of sp³-hybridized carbons (Fsp3) is 0.200. The number of nitro groups is 2. The second kappa shape index (κ2) is 5.73. The van der Waals surface area contributed by atoms with Crippen molar-refractivity contribution in [1.82, 2.24) is 5.32 Å². The minimum atomic E-state index is -1.31. The van der Waals surface area contributed by atoms with Gasteiger partial charge in [0.15, 0.2) is 0 Å². The first-order valence-electron chi connectivity index (χ1n) is 5.17. The van der Waals surface area contributed by atoms with Crippen LogP contribution in [0.15, 0.2) is 12.1 Å². The highest BCUT2D eigenvalue weighted by Gasteiger charge is 2.25. The summed E-state index contributed by atoms with van der Waals surface area (Å²) in [5.74, 6) is -2.26. The summed E-state index contributed by atoms with van der Waals surface area (Å²) in [5, 5.41) is 32.0. The van der Waals surface area contributed by atoms with Crippen molar-refractivity contribution in [1.29, 1.82) is 0 Å². The summed E-state index contributed by atoms with van der Waals surface area (Å²) in [6.07, 6.45) is 0. The standard InChI is InChI=1S/C10H9N3O7/c1-5-7(12(17)18)2-6(3-8(5)13(19)20)10(16)11-4-9(14)15/h2-3H,4H2,1H3,(H,11,16)(H,14,15). The lowest BCUT2D eigenvalue weighted by Gasteiger charge is -2.05. The third kappa shape index (κ3) is 3.25. The number of carboxylic acids is 1. The molecule has 1 amide bonds. The van der Waals surface area contributed by atoms with Crippen LogP contribution in [0, 0.1) is 27.2 Å². The smallest absolute Gasteiger partial charge is 0.322 e. The number of hydrogen-bond donors (Lipinski definition) is 2. The van der Waals surface area contributed by atoms with Crippen LogP contribution in [0.1, 0.15) is 15.9 Å². The van der Waals surface area contributed by atoms with E-state index in [0.29, 0.717) is 0 Å². The fourth-order valence-electron chi connectivity index (χ4n) is 1.45. The first-order valence-corrected chi connectivity index (χ1v) is 5.17. The minimum absolute atomic E-state index is 0.185. The summed E-state index contributed by atoms with van der Waals surface area (Å²) >= 11 is 0. The van der Waals surface area contributed by atoms with Crippen molar-refractivity contribution in [2.45, 2.75) is 6.92 Å². The molecule has 0 saturated heterocycles. The monoisotopic (exact) mass is 283 g/mol. The van der Waals surface area contributed by atoms with Gasteiger partial charge in [0.1, 0.15) is 12.1 Å². The molecule has 0 spiro atoms. The molecule has 0 aliphatic heterocycles. The van der Waals surface area contributed by atoms with E-state index < -0.39 is 39.6 Å². The first kappa shape index (κ1) is 15.0. The van der Waals surface area contributed by atoms with Gasteiger partial charge in [-0.05, 0) is 6.92 Å². The normalized spacial score (nSPS) is 9.85. The van der Waals surface area contributed by atoms with E-state index in [1.54, 1.807) is 0 Å². The number of carboxylic acid groups (broad SMARTS) is 1. The molecule has 0 heterocycles. The van der Waals surface area contributed by atoms with E-state index >= 15 is 0 Å². The fourth-order valence-corrected chi connectivity index (χ4v) is 1.45. The third-order valence-corrected chi connectivity index (χ3v) is 2.41. The molecule has 0 radical (unpaired) electrons. The Morgan fingerprint density at radius 2 is 1.65 bits per heavy atom. The molecule has 0 unspecified atom stereocenters. The molecule has 10 heteroatoms. The number of benzene rings is 1. The highest BCUT2D eigenvalue weighted by molar-refractivity contribution is 5.97. The predicted octanol–water partition coefficient (Wildman–Crippen LogP) is 0.626.